The molecule has 156 valence electrons. The second kappa shape index (κ2) is 8.71. The predicted molar refractivity (Wildman–Crippen MR) is 119 cm³/mol. The first-order valence-corrected chi connectivity index (χ1v) is 10.5. The van der Waals surface area contributed by atoms with Crippen LogP contribution in [0.4, 0.5) is 5.69 Å². The molecule has 0 fully saturated rings. The number of amides is 1. The van der Waals surface area contributed by atoms with Gasteiger partial charge in [-0.05, 0) is 37.3 Å². The Hall–Kier alpha value is -3.49. The normalized spacial score (nSPS) is 10.8. The van der Waals surface area contributed by atoms with E-state index < -0.39 is 5.97 Å². The van der Waals surface area contributed by atoms with Gasteiger partial charge in [-0.15, -0.1) is 11.3 Å². The van der Waals surface area contributed by atoms with Gasteiger partial charge in [-0.1, -0.05) is 29.8 Å². The molecule has 0 aliphatic carbocycles. The molecule has 2 heterocycles. The fourth-order valence-corrected chi connectivity index (χ4v) is 4.08. The zero-order valence-electron chi connectivity index (χ0n) is 16.3. The Morgan fingerprint density at radius 2 is 1.97 bits per heavy atom. The number of ether oxygens (including phenoxy) is 1. The van der Waals surface area contributed by atoms with E-state index in [9.17, 15) is 14.4 Å². The summed E-state index contributed by atoms with van der Waals surface area (Å²) in [5.41, 5.74) is 1.95. The predicted octanol–water partition coefficient (Wildman–Crippen LogP) is 4.33. The molecule has 0 saturated heterocycles. The number of esters is 1. The Morgan fingerprint density at radius 1 is 1.16 bits per heavy atom. The maximum absolute atomic E-state index is 12.5. The molecular weight excluding hydrogens is 438 g/mol. The van der Waals surface area contributed by atoms with Crippen LogP contribution < -0.4 is 10.9 Å². The first-order valence-electron chi connectivity index (χ1n) is 9.22. The standard InChI is InChI=1S/C22H16ClN3O4S/c1-13-12-31-22-25-16(10-19(27)26(13)22)11-30-21(29)14-5-4-6-15(9-14)24-20(28)17-7-2-3-8-18(17)23/h2-10,12H,11H2,1H3,(H,24,28). The largest absolute Gasteiger partial charge is 0.456 e. The molecule has 0 saturated carbocycles. The van der Waals surface area contributed by atoms with Crippen molar-refractivity contribution in [2.24, 2.45) is 0 Å². The third-order valence-corrected chi connectivity index (χ3v) is 5.73. The van der Waals surface area contributed by atoms with Gasteiger partial charge in [0.05, 0.1) is 21.8 Å². The van der Waals surface area contributed by atoms with Crippen LogP contribution in [0.15, 0.2) is 64.8 Å². The van der Waals surface area contributed by atoms with Gasteiger partial charge in [-0.25, -0.2) is 9.78 Å². The molecule has 0 radical (unpaired) electrons. The number of carbonyl (C=O) groups excluding carboxylic acids is 2. The maximum atomic E-state index is 12.5. The lowest BCUT2D eigenvalue weighted by Gasteiger charge is -2.09. The lowest BCUT2D eigenvalue weighted by Crippen LogP contribution is -2.16. The van der Waals surface area contributed by atoms with Gasteiger partial charge in [0.1, 0.15) is 6.61 Å². The molecule has 4 rings (SSSR count). The molecule has 0 bridgehead atoms. The highest BCUT2D eigenvalue weighted by Crippen LogP contribution is 2.18. The van der Waals surface area contributed by atoms with Gasteiger partial charge in [0.25, 0.3) is 11.5 Å². The number of hydrogen-bond acceptors (Lipinski definition) is 6. The van der Waals surface area contributed by atoms with Crippen molar-refractivity contribution in [3.8, 4) is 0 Å². The van der Waals surface area contributed by atoms with Crippen LogP contribution >= 0.6 is 22.9 Å². The molecule has 4 aromatic rings. The van der Waals surface area contributed by atoms with Gasteiger partial charge >= 0.3 is 5.97 Å². The lowest BCUT2D eigenvalue weighted by molar-refractivity contribution is 0.0467. The number of halogens is 1. The number of nitrogens with one attached hydrogen (secondary N) is 1. The van der Waals surface area contributed by atoms with Crippen molar-refractivity contribution in [1.29, 1.82) is 0 Å². The van der Waals surface area contributed by atoms with Crippen LogP contribution in [-0.4, -0.2) is 21.3 Å². The van der Waals surface area contributed by atoms with E-state index in [1.807, 2.05) is 12.3 Å². The number of aromatic nitrogens is 2. The summed E-state index contributed by atoms with van der Waals surface area (Å²) >= 11 is 7.39. The van der Waals surface area contributed by atoms with Crippen LogP contribution in [0.5, 0.6) is 0 Å². The average Bonchev–Trinajstić information content (AvgIpc) is 3.13. The van der Waals surface area contributed by atoms with Crippen LogP contribution in [0, 0.1) is 6.92 Å². The van der Waals surface area contributed by atoms with Crippen LogP contribution in [0.2, 0.25) is 5.02 Å². The Labute approximate surface area is 185 Å². The van der Waals surface area contributed by atoms with Gasteiger partial charge in [0, 0.05) is 22.8 Å². The van der Waals surface area contributed by atoms with Crippen LogP contribution in [-0.2, 0) is 11.3 Å². The number of anilines is 1. The van der Waals surface area contributed by atoms with E-state index >= 15 is 0 Å². The monoisotopic (exact) mass is 453 g/mol. The fraction of sp³-hybridized carbons (Fsp3) is 0.0909. The van der Waals surface area contributed by atoms with Crippen molar-refractivity contribution in [3.63, 3.8) is 0 Å². The number of fused-ring (bicyclic) bond motifs is 1. The van der Waals surface area contributed by atoms with Gasteiger partial charge < -0.3 is 10.1 Å². The van der Waals surface area contributed by atoms with E-state index in [1.165, 1.54) is 27.9 Å². The van der Waals surface area contributed by atoms with Crippen molar-refractivity contribution < 1.29 is 14.3 Å². The summed E-state index contributed by atoms with van der Waals surface area (Å²) in [6.45, 7) is 1.68. The van der Waals surface area contributed by atoms with Crippen molar-refractivity contribution in [2.45, 2.75) is 13.5 Å². The highest BCUT2D eigenvalue weighted by atomic mass is 35.5. The third-order valence-electron chi connectivity index (χ3n) is 4.45. The quantitative estimate of drug-likeness (QED) is 0.454. The Balaban J connectivity index is 1.45. The Bertz CT molecular complexity index is 1360. The summed E-state index contributed by atoms with van der Waals surface area (Å²) in [5.74, 6) is -0.987. The van der Waals surface area contributed by atoms with Gasteiger partial charge in [0.2, 0.25) is 0 Å². The number of thiazole rings is 1. The molecular formula is C22H16ClN3O4S. The zero-order valence-corrected chi connectivity index (χ0v) is 17.9. The first-order chi connectivity index (χ1) is 14.9. The van der Waals surface area contributed by atoms with Crippen molar-refractivity contribution in [2.75, 3.05) is 5.32 Å². The van der Waals surface area contributed by atoms with Crippen molar-refractivity contribution in [3.05, 3.63) is 97.9 Å². The molecule has 9 heteroatoms. The summed E-state index contributed by atoms with van der Waals surface area (Å²) in [6.07, 6.45) is 0. The van der Waals surface area contributed by atoms with Gasteiger partial charge in [-0.3, -0.25) is 14.0 Å². The van der Waals surface area contributed by atoms with Crippen molar-refractivity contribution >= 4 is 45.5 Å². The maximum Gasteiger partial charge on any atom is 0.338 e. The molecule has 2 aromatic carbocycles. The molecule has 1 amide bonds. The minimum Gasteiger partial charge on any atom is -0.456 e. The van der Waals surface area contributed by atoms with E-state index in [0.29, 0.717) is 26.9 Å². The molecule has 2 aromatic heterocycles. The van der Waals surface area contributed by atoms with Gasteiger partial charge in [0.15, 0.2) is 4.96 Å². The fourth-order valence-electron chi connectivity index (χ4n) is 2.97. The zero-order chi connectivity index (χ0) is 22.0. The number of nitrogens with zero attached hydrogens (tertiary/aromatic N) is 2. The highest BCUT2D eigenvalue weighted by molar-refractivity contribution is 7.15. The number of rotatable bonds is 5. The Kier molecular flexibility index (Phi) is 5.83. The second-order valence-electron chi connectivity index (χ2n) is 6.67. The van der Waals surface area contributed by atoms with Crippen LogP contribution in [0.1, 0.15) is 32.1 Å². The number of hydrogen-bond donors (Lipinski definition) is 1. The number of carbonyl (C=O) groups is 2. The SMILES string of the molecule is Cc1csc2nc(COC(=O)c3cccc(NC(=O)c4ccccc4Cl)c3)cc(=O)n12. The van der Waals surface area contributed by atoms with Crippen molar-refractivity contribution in [1.82, 2.24) is 9.38 Å². The topological polar surface area (TPSA) is 89.8 Å². The summed E-state index contributed by atoms with van der Waals surface area (Å²) < 4.78 is 6.81. The first kappa shape index (κ1) is 20.8. The van der Waals surface area contributed by atoms with E-state index in [1.54, 1.807) is 42.5 Å². The summed E-state index contributed by atoms with van der Waals surface area (Å²) in [7, 11) is 0. The van der Waals surface area contributed by atoms with Crippen LogP contribution in [0.25, 0.3) is 4.96 Å². The number of benzene rings is 2. The summed E-state index contributed by atoms with van der Waals surface area (Å²) in [6, 6.07) is 14.4. The second-order valence-corrected chi connectivity index (χ2v) is 7.92. The van der Waals surface area contributed by atoms with Crippen LogP contribution in [0.3, 0.4) is 0 Å². The lowest BCUT2D eigenvalue weighted by atomic mass is 10.1. The minimum atomic E-state index is -0.599. The Morgan fingerprint density at radius 3 is 2.77 bits per heavy atom. The van der Waals surface area contributed by atoms with E-state index in [0.717, 1.165) is 5.69 Å². The molecule has 0 unspecified atom stereocenters. The average molecular weight is 454 g/mol. The molecule has 0 atom stereocenters. The summed E-state index contributed by atoms with van der Waals surface area (Å²) in [4.78, 5) is 42.0. The molecule has 7 nitrogen and oxygen atoms in total. The third kappa shape index (κ3) is 4.50. The molecule has 0 aliphatic heterocycles. The molecule has 31 heavy (non-hydrogen) atoms. The van der Waals surface area contributed by atoms with E-state index in [-0.39, 0.29) is 23.6 Å². The van der Waals surface area contributed by atoms with E-state index in [4.69, 9.17) is 16.3 Å². The molecule has 1 N–H and O–H groups in total. The number of aryl methyl sites for hydroxylation is 1. The highest BCUT2D eigenvalue weighted by Gasteiger charge is 2.13. The minimum absolute atomic E-state index is 0.141. The van der Waals surface area contributed by atoms with E-state index in [2.05, 4.69) is 10.3 Å². The summed E-state index contributed by atoms with van der Waals surface area (Å²) in [5, 5.41) is 4.88. The molecule has 0 aliphatic rings. The smallest absolute Gasteiger partial charge is 0.338 e. The van der Waals surface area contributed by atoms with Gasteiger partial charge in [-0.2, -0.15) is 0 Å². The molecule has 0 spiro atoms.